The van der Waals surface area contributed by atoms with Crippen molar-refractivity contribution in [2.75, 3.05) is 42.3 Å². The van der Waals surface area contributed by atoms with Gasteiger partial charge in [-0.15, -0.1) is 0 Å². The van der Waals surface area contributed by atoms with Crippen molar-refractivity contribution in [1.82, 2.24) is 4.90 Å². The van der Waals surface area contributed by atoms with Gasteiger partial charge in [0, 0.05) is 19.6 Å². The Morgan fingerprint density at radius 3 is 2.55 bits per heavy atom. The lowest BCUT2D eigenvalue weighted by atomic mass is 9.96. The Morgan fingerprint density at radius 2 is 1.82 bits per heavy atom. The Morgan fingerprint density at radius 1 is 1.06 bits per heavy atom. The van der Waals surface area contributed by atoms with Gasteiger partial charge in [-0.05, 0) is 81.1 Å². The maximum atomic E-state index is 14.2. The van der Waals surface area contributed by atoms with E-state index in [-0.39, 0.29) is 11.3 Å². The normalized spacial score (nSPS) is 19.6. The zero-order valence-corrected chi connectivity index (χ0v) is 19.0. The number of hydrogen-bond donors (Lipinski definition) is 2. The Kier molecular flexibility index (Phi) is 6.85. The second-order valence-corrected chi connectivity index (χ2v) is 10.3. The van der Waals surface area contributed by atoms with Gasteiger partial charge in [0.2, 0.25) is 0 Å². The van der Waals surface area contributed by atoms with Crippen LogP contribution in [-0.4, -0.2) is 57.1 Å². The number of nitrogens with one attached hydrogen (secondary N) is 1. The summed E-state index contributed by atoms with van der Waals surface area (Å²) in [6, 6.07) is 6.39. The molecule has 2 aromatic rings. The lowest BCUT2D eigenvalue weighted by Gasteiger charge is -2.37. The van der Waals surface area contributed by atoms with Crippen LogP contribution >= 0.6 is 0 Å². The van der Waals surface area contributed by atoms with Crippen LogP contribution < -0.4 is 9.62 Å². The molecule has 178 valence electrons. The van der Waals surface area contributed by atoms with Crippen LogP contribution in [0.3, 0.4) is 0 Å². The first kappa shape index (κ1) is 23.4. The molecule has 0 aromatic heterocycles. The molecular formula is C23H27F2N3O4S. The summed E-state index contributed by atoms with van der Waals surface area (Å²) in [6.45, 7) is 4.54. The predicted molar refractivity (Wildman–Crippen MR) is 121 cm³/mol. The summed E-state index contributed by atoms with van der Waals surface area (Å²) in [5.41, 5.74) is 0.439. The highest BCUT2D eigenvalue weighted by Crippen LogP contribution is 2.33. The maximum absolute atomic E-state index is 14.2. The van der Waals surface area contributed by atoms with E-state index in [1.165, 1.54) is 25.0 Å². The molecule has 1 atom stereocenters. The fourth-order valence-electron chi connectivity index (χ4n) is 4.67. The van der Waals surface area contributed by atoms with Gasteiger partial charge in [0.15, 0.2) is 0 Å². The van der Waals surface area contributed by atoms with Gasteiger partial charge in [-0.3, -0.25) is 4.72 Å². The van der Waals surface area contributed by atoms with Crippen LogP contribution in [0.4, 0.5) is 20.2 Å². The van der Waals surface area contributed by atoms with Crippen molar-refractivity contribution in [2.24, 2.45) is 5.92 Å². The number of carboxylic acids is 1. The molecule has 0 bridgehead atoms. The van der Waals surface area contributed by atoms with E-state index in [9.17, 15) is 27.1 Å². The number of halogens is 2. The van der Waals surface area contributed by atoms with E-state index >= 15 is 0 Å². The molecule has 7 nitrogen and oxygen atoms in total. The molecule has 4 rings (SSSR count). The molecule has 10 heteroatoms. The van der Waals surface area contributed by atoms with Gasteiger partial charge in [0.05, 0.1) is 16.9 Å². The van der Waals surface area contributed by atoms with Crippen LogP contribution in [0.15, 0.2) is 41.3 Å². The molecule has 2 fully saturated rings. The number of sulfonamides is 1. The second kappa shape index (κ2) is 9.64. The summed E-state index contributed by atoms with van der Waals surface area (Å²) in [5, 5.41) is 9.40. The van der Waals surface area contributed by atoms with Crippen molar-refractivity contribution in [2.45, 2.75) is 30.6 Å². The van der Waals surface area contributed by atoms with Crippen molar-refractivity contribution in [3.8, 4) is 0 Å². The highest BCUT2D eigenvalue weighted by Gasteiger charge is 2.27. The number of carboxylic acid groups (broad SMARTS) is 1. The number of hydrogen-bond acceptors (Lipinski definition) is 5. The Hall–Kier alpha value is -2.72. The Bertz CT molecular complexity index is 1140. The van der Waals surface area contributed by atoms with Crippen LogP contribution in [0.5, 0.6) is 0 Å². The van der Waals surface area contributed by atoms with Crippen LogP contribution in [0.1, 0.15) is 36.0 Å². The number of rotatable bonds is 7. The molecule has 2 heterocycles. The topological polar surface area (TPSA) is 89.9 Å². The summed E-state index contributed by atoms with van der Waals surface area (Å²) in [6.07, 6.45) is 4.39. The van der Waals surface area contributed by atoms with Crippen molar-refractivity contribution in [3.63, 3.8) is 0 Å². The van der Waals surface area contributed by atoms with E-state index in [1.807, 2.05) is 4.90 Å². The number of aromatic carboxylic acids is 1. The van der Waals surface area contributed by atoms with Gasteiger partial charge in [-0.25, -0.2) is 22.0 Å². The molecule has 2 saturated heterocycles. The minimum atomic E-state index is -4.50. The summed E-state index contributed by atoms with van der Waals surface area (Å²) >= 11 is 0. The van der Waals surface area contributed by atoms with E-state index in [2.05, 4.69) is 9.62 Å². The summed E-state index contributed by atoms with van der Waals surface area (Å²) in [4.78, 5) is 15.2. The highest BCUT2D eigenvalue weighted by atomic mass is 32.2. The van der Waals surface area contributed by atoms with Crippen LogP contribution in [0.2, 0.25) is 0 Å². The van der Waals surface area contributed by atoms with Crippen molar-refractivity contribution in [1.29, 1.82) is 0 Å². The molecule has 2 aliphatic heterocycles. The number of piperidine rings is 1. The van der Waals surface area contributed by atoms with Gasteiger partial charge in [0.25, 0.3) is 10.0 Å². The van der Waals surface area contributed by atoms with E-state index < -0.39 is 32.5 Å². The molecule has 0 amide bonds. The standard InChI is InChI=1S/C23H27F2N3O4S/c24-18-6-7-19(25)22(13-18)33(31,32)26-20-12-17(23(29)30)5-8-21(20)28-11-3-4-16(15-28)14-27-9-1-2-10-27/h5-8,12-13,16,26H,1-4,9-11,14-15H2,(H,29,30). The Balaban J connectivity index is 1.63. The number of nitrogens with zero attached hydrogens (tertiary/aromatic N) is 2. The molecule has 2 aliphatic rings. The minimum absolute atomic E-state index is 0.0281. The number of benzene rings is 2. The average Bonchev–Trinajstić information content (AvgIpc) is 3.28. The molecule has 0 spiro atoms. The minimum Gasteiger partial charge on any atom is -0.478 e. The molecule has 0 aliphatic carbocycles. The van der Waals surface area contributed by atoms with Crippen LogP contribution in [-0.2, 0) is 10.0 Å². The van der Waals surface area contributed by atoms with Gasteiger partial charge in [0.1, 0.15) is 16.5 Å². The number of carbonyl (C=O) groups is 1. The van der Waals surface area contributed by atoms with E-state index in [0.717, 1.165) is 44.6 Å². The maximum Gasteiger partial charge on any atom is 0.335 e. The first-order chi connectivity index (χ1) is 15.7. The lowest BCUT2D eigenvalue weighted by molar-refractivity contribution is 0.0697. The van der Waals surface area contributed by atoms with Gasteiger partial charge in [-0.2, -0.15) is 0 Å². The second-order valence-electron chi connectivity index (χ2n) is 8.68. The van der Waals surface area contributed by atoms with Gasteiger partial charge in [-0.1, -0.05) is 0 Å². The van der Waals surface area contributed by atoms with Gasteiger partial charge < -0.3 is 14.9 Å². The summed E-state index contributed by atoms with van der Waals surface area (Å²) < 4.78 is 55.9. The number of anilines is 2. The molecule has 33 heavy (non-hydrogen) atoms. The number of likely N-dealkylation sites (tertiary alicyclic amines) is 1. The summed E-state index contributed by atoms with van der Waals surface area (Å²) in [7, 11) is -4.50. The van der Waals surface area contributed by atoms with Gasteiger partial charge >= 0.3 is 5.97 Å². The molecule has 0 radical (unpaired) electrons. The third kappa shape index (κ3) is 5.44. The smallest absolute Gasteiger partial charge is 0.335 e. The average molecular weight is 480 g/mol. The molecule has 2 N–H and O–H groups in total. The lowest BCUT2D eigenvalue weighted by Crippen LogP contribution is -2.40. The van der Waals surface area contributed by atoms with E-state index in [0.29, 0.717) is 30.8 Å². The van der Waals surface area contributed by atoms with Crippen molar-refractivity contribution in [3.05, 3.63) is 53.6 Å². The first-order valence-corrected chi connectivity index (χ1v) is 12.5. The van der Waals surface area contributed by atoms with Crippen LogP contribution in [0, 0.1) is 17.6 Å². The zero-order chi connectivity index (χ0) is 23.6. The largest absolute Gasteiger partial charge is 0.478 e. The predicted octanol–water partition coefficient (Wildman–Crippen LogP) is 3.78. The van der Waals surface area contributed by atoms with E-state index in [4.69, 9.17) is 0 Å². The Labute approximate surface area is 192 Å². The molecule has 1 unspecified atom stereocenters. The van der Waals surface area contributed by atoms with Crippen molar-refractivity contribution >= 4 is 27.4 Å². The summed E-state index contributed by atoms with van der Waals surface area (Å²) in [5.74, 6) is -2.80. The zero-order valence-electron chi connectivity index (χ0n) is 18.1. The quantitative estimate of drug-likeness (QED) is 0.628. The van der Waals surface area contributed by atoms with Crippen LogP contribution in [0.25, 0.3) is 0 Å². The first-order valence-electron chi connectivity index (χ1n) is 11.1. The molecule has 2 aromatic carbocycles. The van der Waals surface area contributed by atoms with E-state index in [1.54, 1.807) is 6.07 Å². The fraction of sp³-hybridized carbons (Fsp3) is 0.435. The molecular weight excluding hydrogens is 452 g/mol. The SMILES string of the molecule is O=C(O)c1ccc(N2CCCC(CN3CCCC3)C2)c(NS(=O)(=O)c2cc(F)ccc2F)c1. The molecule has 0 saturated carbocycles. The highest BCUT2D eigenvalue weighted by molar-refractivity contribution is 7.92. The third-order valence-corrected chi connectivity index (χ3v) is 7.63. The van der Waals surface area contributed by atoms with Crippen molar-refractivity contribution < 1.29 is 27.1 Å². The monoisotopic (exact) mass is 479 g/mol. The third-order valence-electron chi connectivity index (χ3n) is 6.25. The fourth-order valence-corrected chi connectivity index (χ4v) is 5.83.